The fraction of sp³-hybridized carbons (Fsp3) is 0.333. The average Bonchev–Trinajstić information content (AvgIpc) is 3.48. The van der Waals surface area contributed by atoms with Crippen molar-refractivity contribution in [3.63, 3.8) is 0 Å². The Hall–Kier alpha value is -2.81. The maximum absolute atomic E-state index is 15.2. The molecular formula is C21H22F2N2O4S. The monoisotopic (exact) mass is 436 g/mol. The molecule has 1 fully saturated rings. The van der Waals surface area contributed by atoms with Gasteiger partial charge in [-0.1, -0.05) is 18.2 Å². The Morgan fingerprint density at radius 3 is 2.63 bits per heavy atom. The van der Waals surface area contributed by atoms with E-state index in [-0.39, 0.29) is 35.2 Å². The maximum Gasteiger partial charge on any atom is 0.238 e. The summed E-state index contributed by atoms with van der Waals surface area (Å²) in [4.78, 5) is 0. The van der Waals surface area contributed by atoms with Gasteiger partial charge in [0, 0.05) is 6.07 Å². The van der Waals surface area contributed by atoms with Gasteiger partial charge < -0.3 is 14.8 Å². The lowest BCUT2D eigenvalue weighted by Gasteiger charge is -2.23. The summed E-state index contributed by atoms with van der Waals surface area (Å²) >= 11 is 0. The highest BCUT2D eigenvalue weighted by atomic mass is 32.2. The minimum absolute atomic E-state index is 0.00715. The van der Waals surface area contributed by atoms with Crippen LogP contribution < -0.4 is 19.5 Å². The number of halogens is 2. The van der Waals surface area contributed by atoms with E-state index in [9.17, 15) is 12.8 Å². The number of anilines is 3. The Morgan fingerprint density at radius 1 is 1.20 bits per heavy atom. The zero-order valence-corrected chi connectivity index (χ0v) is 17.4. The topological polar surface area (TPSA) is 76.7 Å². The van der Waals surface area contributed by atoms with Crippen molar-refractivity contribution in [2.45, 2.75) is 30.9 Å². The molecule has 0 bridgehead atoms. The van der Waals surface area contributed by atoms with E-state index >= 15 is 4.39 Å². The number of hydrogen-bond acceptors (Lipinski definition) is 5. The highest BCUT2D eigenvalue weighted by molar-refractivity contribution is 7.94. The molecule has 9 heteroatoms. The molecule has 160 valence electrons. The number of nitrogens with one attached hydrogen (secondary N) is 2. The van der Waals surface area contributed by atoms with E-state index in [0.29, 0.717) is 24.8 Å². The lowest BCUT2D eigenvalue weighted by atomic mass is 10.2. The molecule has 0 radical (unpaired) electrons. The van der Waals surface area contributed by atoms with Gasteiger partial charge in [0.05, 0.1) is 17.5 Å². The second-order valence-corrected chi connectivity index (χ2v) is 9.60. The summed E-state index contributed by atoms with van der Waals surface area (Å²) in [5.74, 6) is -1.55. The van der Waals surface area contributed by atoms with Crippen LogP contribution in [0.25, 0.3) is 0 Å². The molecule has 2 aliphatic rings. The molecule has 0 unspecified atom stereocenters. The van der Waals surface area contributed by atoms with Crippen molar-refractivity contribution in [3.05, 3.63) is 53.6 Å². The molecule has 1 saturated carbocycles. The lowest BCUT2D eigenvalue weighted by Crippen LogP contribution is -2.30. The normalized spacial score (nSPS) is 19.7. The molecule has 1 aliphatic heterocycles. The van der Waals surface area contributed by atoms with Gasteiger partial charge in [-0.15, -0.1) is 0 Å². The van der Waals surface area contributed by atoms with Crippen LogP contribution in [-0.4, -0.2) is 26.9 Å². The molecule has 0 aromatic heterocycles. The molecule has 2 N–H and O–H groups in total. The lowest BCUT2D eigenvalue weighted by molar-refractivity contribution is 0.352. The van der Waals surface area contributed by atoms with E-state index in [4.69, 9.17) is 9.47 Å². The van der Waals surface area contributed by atoms with Crippen LogP contribution in [0.1, 0.15) is 24.8 Å². The number of fused-ring (bicyclic) bond motifs is 1. The van der Waals surface area contributed by atoms with E-state index in [1.165, 1.54) is 25.3 Å². The SMILES string of the molecule is COc1cc2c(c(Nc3ccc(C)cc3F)c1F)NS(=O)(=O)C1(C/C=C/CO2)CC1. The Labute approximate surface area is 173 Å². The summed E-state index contributed by atoms with van der Waals surface area (Å²) < 4.78 is 68.2. The second-order valence-electron chi connectivity index (χ2n) is 7.52. The maximum atomic E-state index is 15.2. The third-order valence-electron chi connectivity index (χ3n) is 5.40. The summed E-state index contributed by atoms with van der Waals surface area (Å²) in [5.41, 5.74) is 0.303. The van der Waals surface area contributed by atoms with Crippen molar-refractivity contribution in [2.24, 2.45) is 0 Å². The van der Waals surface area contributed by atoms with Crippen molar-refractivity contribution in [1.82, 2.24) is 0 Å². The third kappa shape index (κ3) is 3.58. The van der Waals surface area contributed by atoms with Crippen molar-refractivity contribution in [1.29, 1.82) is 0 Å². The first kappa shape index (κ1) is 20.5. The molecule has 0 amide bonds. The van der Waals surface area contributed by atoms with Crippen LogP contribution >= 0.6 is 0 Å². The first-order valence-corrected chi connectivity index (χ1v) is 11.0. The minimum atomic E-state index is -3.85. The Bertz CT molecular complexity index is 1130. The first-order chi connectivity index (χ1) is 14.3. The van der Waals surface area contributed by atoms with Crippen LogP contribution in [0.3, 0.4) is 0 Å². The van der Waals surface area contributed by atoms with E-state index in [1.807, 2.05) is 0 Å². The molecule has 2 aromatic rings. The molecular weight excluding hydrogens is 414 g/mol. The van der Waals surface area contributed by atoms with Crippen LogP contribution in [0, 0.1) is 18.6 Å². The van der Waals surface area contributed by atoms with E-state index in [0.717, 1.165) is 0 Å². The number of benzene rings is 2. The molecule has 4 rings (SSSR count). The van der Waals surface area contributed by atoms with Gasteiger partial charge in [0.2, 0.25) is 10.0 Å². The number of aryl methyl sites for hydroxylation is 1. The molecule has 1 heterocycles. The van der Waals surface area contributed by atoms with Crippen molar-refractivity contribution >= 4 is 27.1 Å². The van der Waals surface area contributed by atoms with E-state index in [2.05, 4.69) is 10.0 Å². The molecule has 2 aromatic carbocycles. The van der Waals surface area contributed by atoms with Crippen LogP contribution in [0.2, 0.25) is 0 Å². The molecule has 1 spiro atoms. The van der Waals surface area contributed by atoms with Crippen LogP contribution in [0.15, 0.2) is 36.4 Å². The highest BCUT2D eigenvalue weighted by Gasteiger charge is 2.54. The number of methoxy groups -OCH3 is 1. The molecule has 30 heavy (non-hydrogen) atoms. The summed E-state index contributed by atoms with van der Waals surface area (Å²) in [7, 11) is -2.57. The Kier molecular flexibility index (Phi) is 5.09. The van der Waals surface area contributed by atoms with Crippen molar-refractivity contribution < 1.29 is 26.7 Å². The largest absolute Gasteiger partial charge is 0.493 e. The van der Waals surface area contributed by atoms with Crippen LogP contribution in [0.5, 0.6) is 11.5 Å². The van der Waals surface area contributed by atoms with Gasteiger partial charge >= 0.3 is 0 Å². The van der Waals surface area contributed by atoms with Gasteiger partial charge in [0.1, 0.15) is 29.5 Å². The molecule has 6 nitrogen and oxygen atoms in total. The smallest absolute Gasteiger partial charge is 0.238 e. The Balaban J connectivity index is 1.88. The summed E-state index contributed by atoms with van der Waals surface area (Å²) in [6, 6.07) is 5.69. The summed E-state index contributed by atoms with van der Waals surface area (Å²) in [6.45, 7) is 1.89. The minimum Gasteiger partial charge on any atom is -0.493 e. The molecule has 0 saturated heterocycles. The second kappa shape index (κ2) is 7.46. The van der Waals surface area contributed by atoms with E-state index < -0.39 is 26.4 Å². The standard InChI is InChI=1S/C21H22F2N2O4S/c1-13-5-6-15(14(22)11-13)24-20-18(23)16(28-2)12-17-19(20)25-30(26,27)21(8-9-21)7-3-4-10-29-17/h3-6,11-12,24-25H,7-10H2,1-2H3/b4-3+. The van der Waals surface area contributed by atoms with Gasteiger partial charge in [0.25, 0.3) is 0 Å². The van der Waals surface area contributed by atoms with Gasteiger partial charge in [-0.05, 0) is 43.9 Å². The number of hydrogen-bond donors (Lipinski definition) is 2. The third-order valence-corrected chi connectivity index (χ3v) is 7.59. The average molecular weight is 436 g/mol. The van der Waals surface area contributed by atoms with Crippen molar-refractivity contribution in [3.8, 4) is 11.5 Å². The van der Waals surface area contributed by atoms with Crippen molar-refractivity contribution in [2.75, 3.05) is 23.8 Å². The predicted molar refractivity (Wildman–Crippen MR) is 111 cm³/mol. The zero-order chi connectivity index (χ0) is 21.5. The van der Waals surface area contributed by atoms with Gasteiger partial charge in [-0.2, -0.15) is 0 Å². The Morgan fingerprint density at radius 2 is 1.97 bits per heavy atom. The number of sulfonamides is 1. The first-order valence-electron chi connectivity index (χ1n) is 9.50. The molecule has 0 atom stereocenters. The van der Waals surface area contributed by atoms with Gasteiger partial charge in [0.15, 0.2) is 11.6 Å². The predicted octanol–water partition coefficient (Wildman–Crippen LogP) is 4.64. The van der Waals surface area contributed by atoms with Crippen LogP contribution in [-0.2, 0) is 10.0 Å². The number of allylic oxidation sites excluding steroid dienone is 1. The van der Waals surface area contributed by atoms with Gasteiger partial charge in [-0.3, -0.25) is 4.72 Å². The van der Waals surface area contributed by atoms with Gasteiger partial charge in [-0.25, -0.2) is 17.2 Å². The number of ether oxygens (including phenoxy) is 2. The summed E-state index contributed by atoms with van der Waals surface area (Å²) in [5, 5.41) is 2.69. The quantitative estimate of drug-likeness (QED) is 0.686. The fourth-order valence-electron chi connectivity index (χ4n) is 3.42. The summed E-state index contributed by atoms with van der Waals surface area (Å²) in [6.07, 6.45) is 4.87. The number of rotatable bonds is 3. The highest BCUT2D eigenvalue weighted by Crippen LogP contribution is 2.50. The van der Waals surface area contributed by atoms with Crippen LogP contribution in [0.4, 0.5) is 25.8 Å². The fourth-order valence-corrected chi connectivity index (χ4v) is 5.06. The molecule has 1 aliphatic carbocycles. The zero-order valence-electron chi connectivity index (χ0n) is 16.6. The van der Waals surface area contributed by atoms with E-state index in [1.54, 1.807) is 25.1 Å².